The number of rotatable bonds is 8. The third-order valence-corrected chi connectivity index (χ3v) is 5.46. The third-order valence-electron chi connectivity index (χ3n) is 5.17. The van der Waals surface area contributed by atoms with Gasteiger partial charge in [0.25, 0.3) is 0 Å². The number of ether oxygens (including phenoxy) is 1. The van der Waals surface area contributed by atoms with Crippen molar-refractivity contribution in [3.63, 3.8) is 0 Å². The second-order valence-corrected chi connectivity index (χ2v) is 7.63. The molecule has 5 heteroatoms. The Morgan fingerprint density at radius 2 is 1.89 bits per heavy atom. The molecule has 1 aliphatic rings. The number of amides is 1. The maximum Gasteiger partial charge on any atom is 0.224 e. The Labute approximate surface area is 164 Å². The molecule has 2 aromatic carbocycles. The number of hydrogen-bond acceptors (Lipinski definition) is 3. The van der Waals surface area contributed by atoms with E-state index in [1.165, 1.54) is 0 Å². The van der Waals surface area contributed by atoms with Crippen molar-refractivity contribution in [3.8, 4) is 5.75 Å². The van der Waals surface area contributed by atoms with E-state index in [4.69, 9.17) is 16.3 Å². The fourth-order valence-corrected chi connectivity index (χ4v) is 3.97. The molecule has 0 atom stereocenters. The Hall–Kier alpha value is -2.33. The normalized spacial score (nSPS) is 15.3. The summed E-state index contributed by atoms with van der Waals surface area (Å²) < 4.78 is 5.75. The van der Waals surface area contributed by atoms with Crippen LogP contribution in [0.15, 0.2) is 48.5 Å². The van der Waals surface area contributed by atoms with Crippen molar-refractivity contribution in [2.45, 2.75) is 45.1 Å². The topological polar surface area (TPSA) is 55.4 Å². The van der Waals surface area contributed by atoms with Gasteiger partial charge in [-0.25, -0.2) is 0 Å². The van der Waals surface area contributed by atoms with Crippen LogP contribution in [0.2, 0.25) is 5.02 Å². The molecule has 1 fully saturated rings. The summed E-state index contributed by atoms with van der Waals surface area (Å²) >= 11 is 6.30. The molecular formula is C22H24ClNO3. The van der Waals surface area contributed by atoms with E-state index in [9.17, 15) is 9.59 Å². The highest BCUT2D eigenvalue weighted by atomic mass is 35.5. The molecule has 1 N–H and O–H groups in total. The lowest BCUT2D eigenvalue weighted by molar-refractivity contribution is -0.119. The lowest BCUT2D eigenvalue weighted by Crippen LogP contribution is -2.25. The molecule has 0 aliphatic heterocycles. The monoisotopic (exact) mass is 385 g/mol. The Balaban J connectivity index is 1.58. The van der Waals surface area contributed by atoms with Crippen molar-refractivity contribution >= 4 is 29.5 Å². The molecule has 0 heterocycles. The first-order valence-corrected chi connectivity index (χ1v) is 9.68. The summed E-state index contributed by atoms with van der Waals surface area (Å²) in [6.07, 6.45) is 5.80. The van der Waals surface area contributed by atoms with Crippen molar-refractivity contribution < 1.29 is 14.3 Å². The number of halogens is 1. The molecule has 1 saturated carbocycles. The van der Waals surface area contributed by atoms with E-state index < -0.39 is 0 Å². The molecule has 0 saturated heterocycles. The summed E-state index contributed by atoms with van der Waals surface area (Å²) in [6.45, 7) is 0.431. The third kappa shape index (κ3) is 5.33. The largest absolute Gasteiger partial charge is 0.487 e. The summed E-state index contributed by atoms with van der Waals surface area (Å²) in [4.78, 5) is 23.4. The highest BCUT2D eigenvalue weighted by Gasteiger charge is 2.35. The predicted octanol–water partition coefficient (Wildman–Crippen LogP) is 5.40. The number of aldehydes is 1. The molecule has 1 amide bonds. The van der Waals surface area contributed by atoms with Gasteiger partial charge in [-0.15, -0.1) is 0 Å². The maximum atomic E-state index is 12.5. The minimum Gasteiger partial charge on any atom is -0.487 e. The Morgan fingerprint density at radius 3 is 2.56 bits per heavy atom. The molecular weight excluding hydrogens is 362 g/mol. The number of anilines is 1. The molecule has 142 valence electrons. The van der Waals surface area contributed by atoms with Crippen LogP contribution in [0, 0.1) is 5.41 Å². The Kier molecular flexibility index (Phi) is 6.51. The molecule has 0 unspecified atom stereocenters. The van der Waals surface area contributed by atoms with E-state index >= 15 is 0 Å². The molecule has 0 bridgehead atoms. The van der Waals surface area contributed by atoms with Crippen LogP contribution in [0.4, 0.5) is 5.69 Å². The lowest BCUT2D eigenvalue weighted by atomic mass is 9.80. The van der Waals surface area contributed by atoms with Crippen molar-refractivity contribution in [2.24, 2.45) is 5.41 Å². The van der Waals surface area contributed by atoms with Gasteiger partial charge in [-0.3, -0.25) is 4.79 Å². The molecule has 0 aromatic heterocycles. The van der Waals surface area contributed by atoms with Crippen molar-refractivity contribution in [1.29, 1.82) is 0 Å². The maximum absolute atomic E-state index is 12.5. The van der Waals surface area contributed by atoms with Gasteiger partial charge in [0.05, 0.1) is 5.02 Å². The zero-order valence-corrected chi connectivity index (χ0v) is 16.0. The van der Waals surface area contributed by atoms with E-state index in [1.54, 1.807) is 18.2 Å². The van der Waals surface area contributed by atoms with Crippen LogP contribution in [-0.2, 0) is 16.2 Å². The van der Waals surface area contributed by atoms with Gasteiger partial charge in [-0.05, 0) is 42.0 Å². The summed E-state index contributed by atoms with van der Waals surface area (Å²) in [5, 5.41) is 3.35. The molecule has 4 nitrogen and oxygen atoms in total. The summed E-state index contributed by atoms with van der Waals surface area (Å²) in [7, 11) is 0. The number of carbonyl (C=O) groups excluding carboxylic acids is 2. The van der Waals surface area contributed by atoms with Gasteiger partial charge >= 0.3 is 0 Å². The lowest BCUT2D eigenvalue weighted by Gasteiger charge is -2.25. The van der Waals surface area contributed by atoms with Crippen molar-refractivity contribution in [3.05, 3.63) is 59.1 Å². The highest BCUT2D eigenvalue weighted by Crippen LogP contribution is 2.43. The minimum atomic E-state index is -0.172. The SMILES string of the molecule is O=CCC1(CC(=O)Nc2ccc(OCc3ccccc3)c(Cl)c2)CCCC1. The van der Waals surface area contributed by atoms with E-state index in [0.29, 0.717) is 35.9 Å². The van der Waals surface area contributed by atoms with Gasteiger partial charge in [0.1, 0.15) is 18.6 Å². The Morgan fingerprint density at radius 1 is 1.15 bits per heavy atom. The van der Waals surface area contributed by atoms with Gasteiger partial charge in [-0.2, -0.15) is 0 Å². The van der Waals surface area contributed by atoms with E-state index in [0.717, 1.165) is 37.5 Å². The number of carbonyl (C=O) groups is 2. The van der Waals surface area contributed by atoms with Crippen LogP contribution in [0.3, 0.4) is 0 Å². The minimum absolute atomic E-state index is 0.0761. The smallest absolute Gasteiger partial charge is 0.224 e. The molecule has 0 radical (unpaired) electrons. The predicted molar refractivity (Wildman–Crippen MR) is 107 cm³/mol. The zero-order valence-electron chi connectivity index (χ0n) is 15.2. The first-order valence-electron chi connectivity index (χ1n) is 9.30. The summed E-state index contributed by atoms with van der Waals surface area (Å²) in [5.74, 6) is 0.500. The standard InChI is InChI=1S/C22H24ClNO3/c23-19-14-18(8-9-20(19)27-16-17-6-2-1-3-7-17)24-21(26)15-22(12-13-25)10-4-5-11-22/h1-3,6-9,13-14H,4-5,10-12,15-16H2,(H,24,26). The van der Waals surface area contributed by atoms with Gasteiger partial charge < -0.3 is 14.8 Å². The van der Waals surface area contributed by atoms with Crippen LogP contribution in [-0.4, -0.2) is 12.2 Å². The zero-order chi connectivity index (χ0) is 19.1. The van der Waals surface area contributed by atoms with Crippen LogP contribution in [0.25, 0.3) is 0 Å². The van der Waals surface area contributed by atoms with Crippen LogP contribution in [0.5, 0.6) is 5.75 Å². The van der Waals surface area contributed by atoms with Crippen molar-refractivity contribution in [2.75, 3.05) is 5.32 Å². The van der Waals surface area contributed by atoms with E-state index in [2.05, 4.69) is 5.32 Å². The van der Waals surface area contributed by atoms with Crippen molar-refractivity contribution in [1.82, 2.24) is 0 Å². The Bertz CT molecular complexity index is 785. The first kappa shape index (κ1) is 19.4. The van der Waals surface area contributed by atoms with Gasteiger partial charge in [0, 0.05) is 18.5 Å². The quantitative estimate of drug-likeness (QED) is 0.619. The molecule has 27 heavy (non-hydrogen) atoms. The fourth-order valence-electron chi connectivity index (χ4n) is 3.73. The van der Waals surface area contributed by atoms with E-state index in [-0.39, 0.29) is 11.3 Å². The summed E-state index contributed by atoms with van der Waals surface area (Å²) in [5.41, 5.74) is 1.52. The average Bonchev–Trinajstić information content (AvgIpc) is 3.10. The fraction of sp³-hybridized carbons (Fsp3) is 0.364. The van der Waals surface area contributed by atoms with Crippen LogP contribution in [0.1, 0.15) is 44.1 Å². The molecule has 1 aliphatic carbocycles. The molecule has 3 rings (SSSR count). The molecule has 0 spiro atoms. The van der Waals surface area contributed by atoms with Crippen LogP contribution < -0.4 is 10.1 Å². The number of benzene rings is 2. The second-order valence-electron chi connectivity index (χ2n) is 7.22. The number of hydrogen-bond donors (Lipinski definition) is 1. The number of nitrogens with one attached hydrogen (secondary N) is 1. The van der Waals surface area contributed by atoms with Crippen LogP contribution >= 0.6 is 11.6 Å². The van der Waals surface area contributed by atoms with E-state index in [1.807, 2.05) is 30.3 Å². The molecule has 2 aromatic rings. The van der Waals surface area contributed by atoms with Gasteiger partial charge in [0.15, 0.2) is 0 Å². The second kappa shape index (κ2) is 9.05. The summed E-state index contributed by atoms with van der Waals surface area (Å²) in [6, 6.07) is 15.1. The van der Waals surface area contributed by atoms with Gasteiger partial charge in [0.2, 0.25) is 5.91 Å². The van der Waals surface area contributed by atoms with Gasteiger partial charge in [-0.1, -0.05) is 54.8 Å². The first-order chi connectivity index (χ1) is 13.1. The average molecular weight is 386 g/mol. The highest BCUT2D eigenvalue weighted by molar-refractivity contribution is 6.32.